The van der Waals surface area contributed by atoms with Crippen LogP contribution in [0.2, 0.25) is 0 Å². The maximum absolute atomic E-state index is 12.8. The fraction of sp³-hybridized carbons (Fsp3) is 0.700. The number of carbonyl (C=O) groups excluding carboxylic acids is 2. The molecule has 156 valence electrons. The number of piperidine rings is 1. The Bertz CT molecular complexity index is 676. The summed E-state index contributed by atoms with van der Waals surface area (Å²) in [5.41, 5.74) is 5.54. The smallest absolute Gasteiger partial charge is 0.249 e. The molecule has 2 heterocycles. The lowest BCUT2D eigenvalue weighted by molar-refractivity contribution is -0.146. The highest BCUT2D eigenvalue weighted by molar-refractivity contribution is 7.11. The summed E-state index contributed by atoms with van der Waals surface area (Å²) in [6, 6.07) is 4.81. The summed E-state index contributed by atoms with van der Waals surface area (Å²) in [6.07, 6.45) is 3.98. The molecule has 1 saturated carbocycles. The van der Waals surface area contributed by atoms with Gasteiger partial charge >= 0.3 is 0 Å². The molecule has 1 saturated heterocycles. The summed E-state index contributed by atoms with van der Waals surface area (Å²) in [4.78, 5) is 32.2. The van der Waals surface area contributed by atoms with E-state index in [2.05, 4.69) is 29.3 Å². The molecule has 1 aliphatic heterocycles. The van der Waals surface area contributed by atoms with Gasteiger partial charge in [-0.1, -0.05) is 0 Å². The lowest BCUT2D eigenvalue weighted by Gasteiger charge is -2.43. The summed E-state index contributed by atoms with van der Waals surface area (Å²) < 4.78 is 5.02. The highest BCUT2D eigenvalue weighted by Gasteiger charge is 2.41. The minimum atomic E-state index is -0.459. The average Bonchev–Trinajstić information content (AvgIpc) is 3.45. The lowest BCUT2D eigenvalue weighted by Crippen LogP contribution is -2.58. The number of nitrogens with two attached hydrogens (primary N) is 1. The first-order valence-electron chi connectivity index (χ1n) is 10.1. The van der Waals surface area contributed by atoms with Crippen LogP contribution in [0.25, 0.3) is 0 Å². The Balaban J connectivity index is 1.72. The fourth-order valence-electron chi connectivity index (χ4n) is 4.03. The van der Waals surface area contributed by atoms with Gasteiger partial charge in [0.25, 0.3) is 0 Å². The molecule has 3 N–H and O–H groups in total. The van der Waals surface area contributed by atoms with Crippen molar-refractivity contribution in [3.63, 3.8) is 0 Å². The molecule has 1 aromatic heterocycles. The van der Waals surface area contributed by atoms with Gasteiger partial charge in [-0.2, -0.15) is 0 Å². The van der Waals surface area contributed by atoms with Crippen molar-refractivity contribution in [3.05, 3.63) is 21.9 Å². The number of methoxy groups -OCH3 is 1. The van der Waals surface area contributed by atoms with E-state index in [4.69, 9.17) is 10.5 Å². The number of likely N-dealkylation sites (tertiary alicyclic amines) is 1. The van der Waals surface area contributed by atoms with Crippen LogP contribution in [-0.4, -0.2) is 73.1 Å². The summed E-state index contributed by atoms with van der Waals surface area (Å²) in [5.74, 6) is -0.233. The first-order valence-corrected chi connectivity index (χ1v) is 10.9. The Hall–Kier alpha value is -1.48. The molecule has 1 unspecified atom stereocenters. The Morgan fingerprint density at radius 3 is 2.71 bits per heavy atom. The molecule has 0 radical (unpaired) electrons. The van der Waals surface area contributed by atoms with E-state index in [1.165, 1.54) is 29.7 Å². The van der Waals surface area contributed by atoms with Gasteiger partial charge in [0.1, 0.15) is 12.6 Å². The third-order valence-electron chi connectivity index (χ3n) is 5.53. The number of rotatable bonds is 9. The van der Waals surface area contributed by atoms with Crippen molar-refractivity contribution >= 4 is 23.2 Å². The Labute approximate surface area is 171 Å². The molecule has 8 heteroatoms. The maximum Gasteiger partial charge on any atom is 0.249 e. The maximum atomic E-state index is 12.8. The molecule has 2 atom stereocenters. The number of nitrogens with one attached hydrogen (secondary N) is 1. The standard InChI is InChI=1S/C20H32N4O3S/c1-14-3-6-17(28-14)12-24(15-4-5-15)16-7-10-23(19(25)13-27-2)18(11-16)20(26)22-9-8-21/h3,6,15-16,18H,4-5,7-13,21H2,1-2H3,(H,22,26)/t16?,18-/m1/s1. The van der Waals surface area contributed by atoms with E-state index >= 15 is 0 Å². The summed E-state index contributed by atoms with van der Waals surface area (Å²) in [5, 5.41) is 2.87. The number of aryl methyl sites for hydroxylation is 1. The molecule has 0 spiro atoms. The predicted octanol–water partition coefficient (Wildman–Crippen LogP) is 1.10. The highest BCUT2D eigenvalue weighted by atomic mass is 32.1. The van der Waals surface area contributed by atoms with Gasteiger partial charge in [0.15, 0.2) is 0 Å². The van der Waals surface area contributed by atoms with Crippen molar-refractivity contribution in [1.82, 2.24) is 15.1 Å². The number of amides is 2. The molecule has 0 aromatic carbocycles. The van der Waals surface area contributed by atoms with Crippen LogP contribution in [0.1, 0.15) is 35.4 Å². The SMILES string of the molecule is COCC(=O)N1CCC(N(Cc2ccc(C)s2)C2CC2)C[C@@H]1C(=O)NCCN. The van der Waals surface area contributed by atoms with Crippen LogP contribution in [0.3, 0.4) is 0 Å². The number of nitrogens with zero attached hydrogens (tertiary/aromatic N) is 2. The van der Waals surface area contributed by atoms with Gasteiger partial charge in [0.2, 0.25) is 11.8 Å². The van der Waals surface area contributed by atoms with Gasteiger partial charge in [-0.05, 0) is 44.7 Å². The van der Waals surface area contributed by atoms with Crippen LogP contribution < -0.4 is 11.1 Å². The quantitative estimate of drug-likeness (QED) is 0.639. The van der Waals surface area contributed by atoms with Gasteiger partial charge in [-0.3, -0.25) is 14.5 Å². The summed E-state index contributed by atoms with van der Waals surface area (Å²) in [6.45, 7) is 4.46. The molecule has 1 aliphatic carbocycles. The lowest BCUT2D eigenvalue weighted by atomic mass is 9.94. The zero-order valence-corrected chi connectivity index (χ0v) is 17.7. The van der Waals surface area contributed by atoms with E-state index in [-0.39, 0.29) is 18.4 Å². The molecular formula is C20H32N4O3S. The first-order chi connectivity index (χ1) is 13.5. The topological polar surface area (TPSA) is 87.9 Å². The summed E-state index contributed by atoms with van der Waals surface area (Å²) in [7, 11) is 1.51. The van der Waals surface area contributed by atoms with E-state index in [9.17, 15) is 9.59 Å². The van der Waals surface area contributed by atoms with E-state index in [1.807, 2.05) is 11.3 Å². The second kappa shape index (κ2) is 9.82. The number of carbonyl (C=O) groups is 2. The number of ether oxygens (including phenoxy) is 1. The third-order valence-corrected chi connectivity index (χ3v) is 6.51. The number of hydrogen-bond donors (Lipinski definition) is 2. The molecule has 2 aliphatic rings. The summed E-state index contributed by atoms with van der Waals surface area (Å²) >= 11 is 1.84. The molecule has 28 heavy (non-hydrogen) atoms. The number of hydrogen-bond acceptors (Lipinski definition) is 6. The molecular weight excluding hydrogens is 376 g/mol. The Morgan fingerprint density at radius 1 is 1.32 bits per heavy atom. The van der Waals surface area contributed by atoms with Gasteiger partial charge in [0.05, 0.1) is 0 Å². The Morgan fingerprint density at radius 2 is 2.11 bits per heavy atom. The van der Waals surface area contributed by atoms with Gasteiger partial charge in [-0.15, -0.1) is 11.3 Å². The van der Waals surface area contributed by atoms with E-state index in [0.717, 1.165) is 13.0 Å². The minimum absolute atomic E-state index is 0.00610. The molecule has 2 amide bonds. The number of thiophene rings is 1. The normalized spacial score (nSPS) is 22.5. The van der Waals surface area contributed by atoms with Gasteiger partial charge in [0, 0.05) is 55.1 Å². The minimum Gasteiger partial charge on any atom is -0.375 e. The van der Waals surface area contributed by atoms with Crippen molar-refractivity contribution in [2.45, 2.75) is 57.3 Å². The zero-order chi connectivity index (χ0) is 20.1. The van der Waals surface area contributed by atoms with Crippen molar-refractivity contribution < 1.29 is 14.3 Å². The van der Waals surface area contributed by atoms with Crippen LogP contribution >= 0.6 is 11.3 Å². The molecule has 7 nitrogen and oxygen atoms in total. The second-order valence-corrected chi connectivity index (χ2v) is 9.08. The highest BCUT2D eigenvalue weighted by Crippen LogP contribution is 2.35. The van der Waals surface area contributed by atoms with Crippen molar-refractivity contribution in [3.8, 4) is 0 Å². The van der Waals surface area contributed by atoms with Crippen LogP contribution in [0.15, 0.2) is 12.1 Å². The largest absolute Gasteiger partial charge is 0.375 e. The van der Waals surface area contributed by atoms with Crippen molar-refractivity contribution in [1.29, 1.82) is 0 Å². The van der Waals surface area contributed by atoms with Crippen LogP contribution in [0.4, 0.5) is 0 Å². The van der Waals surface area contributed by atoms with E-state index in [1.54, 1.807) is 4.90 Å². The molecule has 2 fully saturated rings. The predicted molar refractivity (Wildman–Crippen MR) is 110 cm³/mol. The fourth-order valence-corrected chi connectivity index (χ4v) is 4.93. The van der Waals surface area contributed by atoms with Gasteiger partial charge < -0.3 is 20.7 Å². The monoisotopic (exact) mass is 408 g/mol. The van der Waals surface area contributed by atoms with Gasteiger partial charge in [-0.25, -0.2) is 0 Å². The van der Waals surface area contributed by atoms with E-state index in [0.29, 0.717) is 38.1 Å². The van der Waals surface area contributed by atoms with Crippen molar-refractivity contribution in [2.75, 3.05) is 33.4 Å². The van der Waals surface area contributed by atoms with Crippen LogP contribution in [-0.2, 0) is 20.9 Å². The van der Waals surface area contributed by atoms with E-state index < -0.39 is 6.04 Å². The second-order valence-electron chi connectivity index (χ2n) is 7.71. The Kier molecular flexibility index (Phi) is 7.45. The first kappa shape index (κ1) is 21.2. The van der Waals surface area contributed by atoms with Crippen LogP contribution in [0.5, 0.6) is 0 Å². The average molecular weight is 409 g/mol. The molecule has 3 rings (SSSR count). The molecule has 1 aromatic rings. The van der Waals surface area contributed by atoms with Crippen molar-refractivity contribution in [2.24, 2.45) is 5.73 Å². The zero-order valence-electron chi connectivity index (χ0n) is 16.9. The van der Waals surface area contributed by atoms with Crippen LogP contribution in [0, 0.1) is 6.92 Å². The molecule has 0 bridgehead atoms. The third kappa shape index (κ3) is 5.31.